The molecule has 0 spiro atoms. The van der Waals surface area contributed by atoms with Gasteiger partial charge >= 0.3 is 0 Å². The van der Waals surface area contributed by atoms with Crippen LogP contribution in [0.3, 0.4) is 0 Å². The summed E-state index contributed by atoms with van der Waals surface area (Å²) in [6, 6.07) is 8.00. The first kappa shape index (κ1) is 12.3. The first-order chi connectivity index (χ1) is 8.24. The molecule has 1 amide bonds. The third kappa shape index (κ3) is 3.98. The molecule has 1 aromatic carbocycles. The standard InChI is InChI=1S/C13H15BrN2O/c14-10-4-3-7-12(8-10)16-13(17)9-15-11-5-1-2-6-11/h1-4,7-8,11,15H,5-6,9H2,(H,16,17). The summed E-state index contributed by atoms with van der Waals surface area (Å²) in [7, 11) is 0. The molecule has 3 nitrogen and oxygen atoms in total. The fourth-order valence-corrected chi connectivity index (χ4v) is 2.19. The molecule has 0 aliphatic heterocycles. The van der Waals surface area contributed by atoms with Gasteiger partial charge in [-0.15, -0.1) is 0 Å². The van der Waals surface area contributed by atoms with Gasteiger partial charge in [0.25, 0.3) is 0 Å². The molecule has 0 bridgehead atoms. The Morgan fingerprint density at radius 2 is 2.12 bits per heavy atom. The maximum Gasteiger partial charge on any atom is 0.238 e. The molecule has 90 valence electrons. The van der Waals surface area contributed by atoms with Gasteiger partial charge in [-0.3, -0.25) is 4.79 Å². The molecule has 0 unspecified atom stereocenters. The molecule has 0 radical (unpaired) electrons. The average molecular weight is 295 g/mol. The van der Waals surface area contributed by atoms with Crippen molar-refractivity contribution in [1.82, 2.24) is 5.32 Å². The molecule has 1 aliphatic carbocycles. The van der Waals surface area contributed by atoms with Gasteiger partial charge < -0.3 is 10.6 Å². The van der Waals surface area contributed by atoms with Gasteiger partial charge in [0.15, 0.2) is 0 Å². The maximum atomic E-state index is 11.7. The quantitative estimate of drug-likeness (QED) is 0.839. The van der Waals surface area contributed by atoms with Crippen molar-refractivity contribution in [3.05, 3.63) is 40.9 Å². The van der Waals surface area contributed by atoms with Gasteiger partial charge in [0.05, 0.1) is 6.54 Å². The van der Waals surface area contributed by atoms with Crippen molar-refractivity contribution >= 4 is 27.5 Å². The summed E-state index contributed by atoms with van der Waals surface area (Å²) in [5.41, 5.74) is 0.815. The Morgan fingerprint density at radius 1 is 1.35 bits per heavy atom. The number of carbonyl (C=O) groups is 1. The minimum atomic E-state index is -0.00463. The smallest absolute Gasteiger partial charge is 0.238 e. The summed E-state index contributed by atoms with van der Waals surface area (Å²) in [5.74, 6) is -0.00463. The van der Waals surface area contributed by atoms with E-state index >= 15 is 0 Å². The summed E-state index contributed by atoms with van der Waals surface area (Å²) >= 11 is 3.37. The molecule has 0 fully saturated rings. The van der Waals surface area contributed by atoms with E-state index in [1.807, 2.05) is 24.3 Å². The number of amides is 1. The van der Waals surface area contributed by atoms with Gasteiger partial charge in [0, 0.05) is 16.2 Å². The Morgan fingerprint density at radius 3 is 2.82 bits per heavy atom. The minimum absolute atomic E-state index is 0.00463. The lowest BCUT2D eigenvalue weighted by atomic mass is 10.2. The van der Waals surface area contributed by atoms with E-state index in [1.54, 1.807) is 0 Å². The molecular formula is C13H15BrN2O. The molecule has 1 aromatic rings. The molecule has 4 heteroatoms. The van der Waals surface area contributed by atoms with Crippen LogP contribution in [0.2, 0.25) is 0 Å². The zero-order valence-corrected chi connectivity index (χ0v) is 11.0. The van der Waals surface area contributed by atoms with E-state index in [0.717, 1.165) is 23.0 Å². The normalized spacial score (nSPS) is 15.1. The van der Waals surface area contributed by atoms with Gasteiger partial charge in [-0.2, -0.15) is 0 Å². The van der Waals surface area contributed by atoms with Crippen molar-refractivity contribution in [1.29, 1.82) is 0 Å². The number of carbonyl (C=O) groups excluding carboxylic acids is 1. The predicted molar refractivity (Wildman–Crippen MR) is 72.9 cm³/mol. The number of benzene rings is 1. The lowest BCUT2D eigenvalue weighted by Crippen LogP contribution is -2.34. The number of hydrogen-bond donors (Lipinski definition) is 2. The van der Waals surface area contributed by atoms with E-state index in [9.17, 15) is 4.79 Å². The van der Waals surface area contributed by atoms with Crippen LogP contribution in [0, 0.1) is 0 Å². The highest BCUT2D eigenvalue weighted by Crippen LogP contribution is 2.15. The van der Waals surface area contributed by atoms with Crippen molar-refractivity contribution in [3.63, 3.8) is 0 Å². The number of nitrogens with one attached hydrogen (secondary N) is 2. The average Bonchev–Trinajstić information content (AvgIpc) is 2.79. The van der Waals surface area contributed by atoms with Crippen LogP contribution in [-0.4, -0.2) is 18.5 Å². The van der Waals surface area contributed by atoms with E-state index in [4.69, 9.17) is 0 Å². The van der Waals surface area contributed by atoms with Gasteiger partial charge in [-0.1, -0.05) is 34.1 Å². The molecule has 17 heavy (non-hydrogen) atoms. The Bertz CT molecular complexity index is 423. The van der Waals surface area contributed by atoms with E-state index in [2.05, 4.69) is 38.7 Å². The zero-order valence-electron chi connectivity index (χ0n) is 9.45. The molecular weight excluding hydrogens is 280 g/mol. The summed E-state index contributed by atoms with van der Waals surface area (Å²) in [6.45, 7) is 0.360. The number of rotatable bonds is 4. The predicted octanol–water partition coefficient (Wildman–Crippen LogP) is 2.70. The summed E-state index contributed by atoms with van der Waals surface area (Å²) < 4.78 is 0.961. The van der Waals surface area contributed by atoms with Crippen LogP contribution in [0.25, 0.3) is 0 Å². The first-order valence-corrected chi connectivity index (χ1v) is 6.47. The molecule has 2 N–H and O–H groups in total. The Labute approximate surface area is 109 Å². The second-order valence-electron chi connectivity index (χ2n) is 4.08. The Balaban J connectivity index is 1.77. The van der Waals surface area contributed by atoms with Crippen molar-refractivity contribution < 1.29 is 4.79 Å². The van der Waals surface area contributed by atoms with Crippen LogP contribution in [0.4, 0.5) is 5.69 Å². The molecule has 0 saturated carbocycles. The molecule has 2 rings (SSSR count). The number of halogens is 1. The third-order valence-corrected chi connectivity index (χ3v) is 3.16. The van der Waals surface area contributed by atoms with Gasteiger partial charge in [-0.25, -0.2) is 0 Å². The zero-order chi connectivity index (χ0) is 12.1. The van der Waals surface area contributed by atoms with Gasteiger partial charge in [-0.05, 0) is 31.0 Å². The molecule has 0 saturated heterocycles. The van der Waals surface area contributed by atoms with Crippen LogP contribution in [0.15, 0.2) is 40.9 Å². The lowest BCUT2D eigenvalue weighted by Gasteiger charge is -2.11. The summed E-state index contributed by atoms with van der Waals surface area (Å²) in [4.78, 5) is 11.7. The molecule has 0 heterocycles. The Hall–Kier alpha value is -1.13. The fraction of sp³-hybridized carbons (Fsp3) is 0.308. The van der Waals surface area contributed by atoms with Crippen molar-refractivity contribution in [2.45, 2.75) is 18.9 Å². The largest absolute Gasteiger partial charge is 0.325 e. The second-order valence-corrected chi connectivity index (χ2v) is 4.99. The van der Waals surface area contributed by atoms with Crippen LogP contribution in [0.5, 0.6) is 0 Å². The SMILES string of the molecule is O=C(CNC1CC=CC1)Nc1cccc(Br)c1. The summed E-state index contributed by atoms with van der Waals surface area (Å²) in [6.07, 6.45) is 6.32. The van der Waals surface area contributed by atoms with E-state index in [0.29, 0.717) is 12.6 Å². The van der Waals surface area contributed by atoms with Crippen LogP contribution in [-0.2, 0) is 4.79 Å². The number of anilines is 1. The Kier molecular flexibility index (Phi) is 4.34. The monoisotopic (exact) mass is 294 g/mol. The van der Waals surface area contributed by atoms with Crippen molar-refractivity contribution in [2.24, 2.45) is 0 Å². The molecule has 0 atom stereocenters. The van der Waals surface area contributed by atoms with Gasteiger partial charge in [0.1, 0.15) is 0 Å². The molecule has 1 aliphatic rings. The van der Waals surface area contributed by atoms with E-state index < -0.39 is 0 Å². The highest BCUT2D eigenvalue weighted by molar-refractivity contribution is 9.10. The van der Waals surface area contributed by atoms with E-state index in [1.165, 1.54) is 0 Å². The van der Waals surface area contributed by atoms with Crippen LogP contribution in [0.1, 0.15) is 12.8 Å². The highest BCUT2D eigenvalue weighted by atomic mass is 79.9. The third-order valence-electron chi connectivity index (χ3n) is 2.67. The highest BCUT2D eigenvalue weighted by Gasteiger charge is 2.11. The first-order valence-electron chi connectivity index (χ1n) is 5.68. The van der Waals surface area contributed by atoms with Crippen LogP contribution >= 0.6 is 15.9 Å². The van der Waals surface area contributed by atoms with Crippen LogP contribution < -0.4 is 10.6 Å². The van der Waals surface area contributed by atoms with Crippen molar-refractivity contribution in [3.8, 4) is 0 Å². The van der Waals surface area contributed by atoms with Crippen molar-refractivity contribution in [2.75, 3.05) is 11.9 Å². The fourth-order valence-electron chi connectivity index (χ4n) is 1.79. The summed E-state index contributed by atoms with van der Waals surface area (Å²) in [5, 5.41) is 6.08. The minimum Gasteiger partial charge on any atom is -0.325 e. The second kappa shape index (κ2) is 5.98. The molecule has 0 aromatic heterocycles. The topological polar surface area (TPSA) is 41.1 Å². The van der Waals surface area contributed by atoms with Gasteiger partial charge in [0.2, 0.25) is 5.91 Å². The maximum absolute atomic E-state index is 11.7. The van der Waals surface area contributed by atoms with E-state index in [-0.39, 0.29) is 5.91 Å². The lowest BCUT2D eigenvalue weighted by molar-refractivity contribution is -0.115. The number of hydrogen-bond acceptors (Lipinski definition) is 2.